The highest BCUT2D eigenvalue weighted by Crippen LogP contribution is 2.66. The molecule has 2 heteroatoms. The van der Waals surface area contributed by atoms with Crippen LogP contribution in [0.3, 0.4) is 0 Å². The highest BCUT2D eigenvalue weighted by molar-refractivity contribution is 6.21. The van der Waals surface area contributed by atoms with Crippen LogP contribution in [0.2, 0.25) is 0 Å². The zero-order valence-electron chi connectivity index (χ0n) is 29.8. The maximum atomic E-state index is 5.02. The van der Waals surface area contributed by atoms with Crippen LogP contribution in [0.25, 0.3) is 88.1 Å². The maximum absolute atomic E-state index is 5.02. The number of nitrogens with zero attached hydrogens (tertiary/aromatic N) is 2. The summed E-state index contributed by atoms with van der Waals surface area (Å²) in [6.45, 7) is 3.06. The summed E-state index contributed by atoms with van der Waals surface area (Å²) in [5, 5.41) is 7.83. The molecule has 2 nitrogen and oxygen atoms in total. The van der Waals surface area contributed by atoms with E-state index in [0.29, 0.717) is 0 Å². The van der Waals surface area contributed by atoms with Gasteiger partial charge in [0.15, 0.2) is 0 Å². The quantitative estimate of drug-likeness (QED) is 0.169. The molecule has 0 fully saturated rings. The lowest BCUT2D eigenvalue weighted by molar-refractivity contribution is 0.796. The summed E-state index contributed by atoms with van der Waals surface area (Å²) in [5.41, 5.74) is 16.2. The summed E-state index contributed by atoms with van der Waals surface area (Å²) in [7, 11) is 0. The molecule has 252 valence electrons. The van der Waals surface area contributed by atoms with Crippen LogP contribution in [0.5, 0.6) is 0 Å². The van der Waals surface area contributed by atoms with E-state index in [4.69, 9.17) is 4.98 Å². The van der Waals surface area contributed by atoms with E-state index < -0.39 is 5.41 Å². The van der Waals surface area contributed by atoms with E-state index >= 15 is 0 Å². The molecule has 9 aromatic carbocycles. The van der Waals surface area contributed by atoms with E-state index in [9.17, 15) is 0 Å². The Kier molecular flexibility index (Phi) is 6.00. The summed E-state index contributed by atoms with van der Waals surface area (Å²) >= 11 is 0. The Labute approximate surface area is 313 Å². The standard InChI is InChI=1S/C52H34N2/c1-2-54-47-22-12-11-21-46(47)53-51(54)33-25-23-32(24-26-33)34-27-29-36-35(31-34)28-30-43-48-41-17-5-3-13-37(41)38-14-4-6-18-42(38)50(48)52(49(36)43)44-19-9-7-15-39(44)40-16-8-10-20-45(40)52/h3-31H,2H2,1H3. The smallest absolute Gasteiger partial charge is 0.141 e. The highest BCUT2D eigenvalue weighted by atomic mass is 15.1. The monoisotopic (exact) mass is 686 g/mol. The van der Waals surface area contributed by atoms with E-state index in [-0.39, 0.29) is 0 Å². The van der Waals surface area contributed by atoms with Gasteiger partial charge in [0.25, 0.3) is 0 Å². The van der Waals surface area contributed by atoms with Crippen LogP contribution in [0.1, 0.15) is 29.2 Å². The van der Waals surface area contributed by atoms with Crippen LogP contribution < -0.4 is 0 Å². The third-order valence-electron chi connectivity index (χ3n) is 12.4. The molecule has 0 bridgehead atoms. The van der Waals surface area contributed by atoms with Crippen molar-refractivity contribution < 1.29 is 0 Å². The summed E-state index contributed by atoms with van der Waals surface area (Å²) in [6.07, 6.45) is 0. The lowest BCUT2D eigenvalue weighted by Crippen LogP contribution is -2.26. The molecule has 54 heavy (non-hydrogen) atoms. The van der Waals surface area contributed by atoms with Gasteiger partial charge >= 0.3 is 0 Å². The number of rotatable bonds is 3. The fourth-order valence-corrected chi connectivity index (χ4v) is 10.3. The minimum atomic E-state index is -0.463. The zero-order valence-corrected chi connectivity index (χ0v) is 29.8. The van der Waals surface area contributed by atoms with Crippen molar-refractivity contribution in [2.45, 2.75) is 18.9 Å². The summed E-state index contributed by atoms with van der Waals surface area (Å²) in [5.74, 6) is 1.02. The Hall–Kier alpha value is -6.77. The Morgan fingerprint density at radius 3 is 1.80 bits per heavy atom. The van der Waals surface area contributed by atoms with E-state index in [1.54, 1.807) is 0 Å². The van der Waals surface area contributed by atoms with E-state index in [1.165, 1.54) is 93.5 Å². The van der Waals surface area contributed by atoms with Crippen molar-refractivity contribution in [2.75, 3.05) is 0 Å². The van der Waals surface area contributed by atoms with Gasteiger partial charge in [0.1, 0.15) is 5.82 Å². The summed E-state index contributed by atoms with van der Waals surface area (Å²) in [4.78, 5) is 5.02. The number of fused-ring (bicyclic) bond motifs is 18. The van der Waals surface area contributed by atoms with Gasteiger partial charge in [0.05, 0.1) is 16.4 Å². The number of benzene rings is 9. The number of aromatic nitrogens is 2. The fourth-order valence-electron chi connectivity index (χ4n) is 10.3. The molecule has 0 radical (unpaired) electrons. The number of para-hydroxylation sites is 2. The highest BCUT2D eigenvalue weighted by Gasteiger charge is 2.53. The van der Waals surface area contributed by atoms with Crippen LogP contribution >= 0.6 is 0 Å². The van der Waals surface area contributed by atoms with Crippen molar-refractivity contribution in [3.63, 3.8) is 0 Å². The molecular weight excluding hydrogens is 653 g/mol. The largest absolute Gasteiger partial charge is 0.324 e. The van der Waals surface area contributed by atoms with Crippen molar-refractivity contribution in [3.05, 3.63) is 198 Å². The Balaban J connectivity index is 1.11. The second-order valence-electron chi connectivity index (χ2n) is 14.9. The van der Waals surface area contributed by atoms with Gasteiger partial charge in [-0.1, -0.05) is 158 Å². The lowest BCUT2D eigenvalue weighted by Gasteiger charge is -2.32. The molecule has 0 saturated heterocycles. The SMILES string of the molecule is CCn1c(-c2ccc(-c3ccc4c5c(ccc4c3)-c3c(c4ccccc4c4ccccc34)C53c4ccccc4-c4ccccc43)cc2)nc2ccccc21. The molecule has 1 heterocycles. The molecule has 0 amide bonds. The summed E-state index contributed by atoms with van der Waals surface area (Å²) in [6, 6.07) is 65.7. The average molecular weight is 687 g/mol. The van der Waals surface area contributed by atoms with E-state index in [1.807, 2.05) is 0 Å². The predicted molar refractivity (Wildman–Crippen MR) is 225 cm³/mol. The molecule has 0 N–H and O–H groups in total. The minimum Gasteiger partial charge on any atom is -0.324 e. The molecule has 0 atom stereocenters. The predicted octanol–water partition coefficient (Wildman–Crippen LogP) is 13.2. The zero-order chi connectivity index (χ0) is 35.5. The fraction of sp³-hybridized carbons (Fsp3) is 0.0577. The second kappa shape index (κ2) is 10.9. The average Bonchev–Trinajstić information content (AvgIpc) is 3.88. The van der Waals surface area contributed by atoms with Crippen molar-refractivity contribution in [2.24, 2.45) is 0 Å². The molecule has 12 rings (SSSR count). The first-order chi connectivity index (χ1) is 26.8. The van der Waals surface area contributed by atoms with Gasteiger partial charge in [0.2, 0.25) is 0 Å². The van der Waals surface area contributed by atoms with Crippen LogP contribution in [0, 0.1) is 0 Å². The van der Waals surface area contributed by atoms with Gasteiger partial charge in [-0.25, -0.2) is 4.98 Å². The first-order valence-corrected chi connectivity index (χ1v) is 19.0. The summed E-state index contributed by atoms with van der Waals surface area (Å²) < 4.78 is 2.31. The van der Waals surface area contributed by atoms with E-state index in [0.717, 1.165) is 23.4 Å². The Bertz CT molecular complexity index is 3150. The number of aryl methyl sites for hydroxylation is 1. The van der Waals surface area contributed by atoms with Crippen LogP contribution in [-0.4, -0.2) is 9.55 Å². The molecule has 0 unspecified atom stereocenters. The lowest BCUT2D eigenvalue weighted by atomic mass is 9.68. The molecule has 2 aliphatic rings. The Morgan fingerprint density at radius 1 is 0.463 bits per heavy atom. The number of hydrogen-bond acceptors (Lipinski definition) is 1. The van der Waals surface area contributed by atoms with Gasteiger partial charge < -0.3 is 4.57 Å². The molecule has 1 aromatic heterocycles. The second-order valence-corrected chi connectivity index (χ2v) is 14.9. The van der Waals surface area contributed by atoms with Gasteiger partial charge in [0, 0.05) is 12.1 Å². The maximum Gasteiger partial charge on any atom is 0.141 e. The topological polar surface area (TPSA) is 17.8 Å². The van der Waals surface area contributed by atoms with Gasteiger partial charge in [-0.3, -0.25) is 0 Å². The van der Waals surface area contributed by atoms with E-state index in [2.05, 4.69) is 187 Å². The normalized spacial score (nSPS) is 13.5. The molecule has 0 aliphatic heterocycles. The molecular formula is C52H34N2. The molecule has 10 aromatic rings. The van der Waals surface area contributed by atoms with Gasteiger partial charge in [-0.15, -0.1) is 0 Å². The van der Waals surface area contributed by atoms with Gasteiger partial charge in [-0.05, 0) is 113 Å². The minimum absolute atomic E-state index is 0.463. The third kappa shape index (κ3) is 3.72. The van der Waals surface area contributed by atoms with Crippen LogP contribution in [0.15, 0.2) is 176 Å². The molecule has 1 spiro atoms. The first-order valence-electron chi connectivity index (χ1n) is 19.0. The first kappa shape index (κ1) is 29.8. The van der Waals surface area contributed by atoms with Crippen molar-refractivity contribution in [3.8, 4) is 44.8 Å². The van der Waals surface area contributed by atoms with Crippen LogP contribution in [-0.2, 0) is 12.0 Å². The molecule has 2 aliphatic carbocycles. The Morgan fingerprint density at radius 2 is 1.06 bits per heavy atom. The number of imidazole rings is 1. The van der Waals surface area contributed by atoms with Crippen LogP contribution in [0.4, 0.5) is 0 Å². The molecule has 0 saturated carbocycles. The van der Waals surface area contributed by atoms with Crippen molar-refractivity contribution in [1.29, 1.82) is 0 Å². The number of hydrogen-bond donors (Lipinski definition) is 0. The van der Waals surface area contributed by atoms with Crippen molar-refractivity contribution in [1.82, 2.24) is 9.55 Å². The van der Waals surface area contributed by atoms with Gasteiger partial charge in [-0.2, -0.15) is 0 Å². The third-order valence-corrected chi connectivity index (χ3v) is 12.4. The van der Waals surface area contributed by atoms with Crippen molar-refractivity contribution >= 4 is 43.4 Å².